The van der Waals surface area contributed by atoms with Crippen molar-refractivity contribution in [2.24, 2.45) is 5.92 Å². The maximum Gasteiger partial charge on any atom is 0.241 e. The lowest BCUT2D eigenvalue weighted by Crippen LogP contribution is -2.37. The van der Waals surface area contributed by atoms with Crippen LogP contribution < -0.4 is 19.5 Å². The fraction of sp³-hybridized carbons (Fsp3) is 0.533. The van der Waals surface area contributed by atoms with Gasteiger partial charge in [-0.05, 0) is 24.5 Å². The summed E-state index contributed by atoms with van der Waals surface area (Å²) in [4.78, 5) is 11.7. The van der Waals surface area contributed by atoms with E-state index in [1.807, 2.05) is 0 Å². The Labute approximate surface area is 136 Å². The van der Waals surface area contributed by atoms with E-state index in [0.29, 0.717) is 37.2 Å². The SMILES string of the molecule is CC(C)CCNC(=O)CNS(=O)(=O)c1ccc2c(c1)OCCO2. The predicted octanol–water partition coefficient (Wildman–Crippen LogP) is 0.898. The Balaban J connectivity index is 1.92. The van der Waals surface area contributed by atoms with Gasteiger partial charge in [0.25, 0.3) is 0 Å². The zero-order chi connectivity index (χ0) is 16.9. The lowest BCUT2D eigenvalue weighted by Gasteiger charge is -2.18. The van der Waals surface area contributed by atoms with E-state index < -0.39 is 10.0 Å². The van der Waals surface area contributed by atoms with E-state index in [4.69, 9.17) is 9.47 Å². The van der Waals surface area contributed by atoms with Gasteiger partial charge in [-0.3, -0.25) is 4.79 Å². The molecule has 2 N–H and O–H groups in total. The normalized spacial score (nSPS) is 13.9. The molecule has 1 heterocycles. The lowest BCUT2D eigenvalue weighted by molar-refractivity contribution is -0.119. The van der Waals surface area contributed by atoms with Crippen LogP contribution in [0, 0.1) is 5.92 Å². The first-order valence-electron chi connectivity index (χ1n) is 7.54. The van der Waals surface area contributed by atoms with Crippen molar-refractivity contribution in [2.75, 3.05) is 26.3 Å². The highest BCUT2D eigenvalue weighted by molar-refractivity contribution is 7.89. The van der Waals surface area contributed by atoms with Crippen molar-refractivity contribution in [1.29, 1.82) is 0 Å². The molecule has 0 aliphatic carbocycles. The van der Waals surface area contributed by atoms with E-state index in [-0.39, 0.29) is 17.3 Å². The second kappa shape index (κ2) is 7.65. The topological polar surface area (TPSA) is 93.7 Å². The van der Waals surface area contributed by atoms with Crippen LogP contribution in [0.2, 0.25) is 0 Å². The van der Waals surface area contributed by atoms with Crippen molar-refractivity contribution >= 4 is 15.9 Å². The third kappa shape index (κ3) is 5.11. The van der Waals surface area contributed by atoms with Crippen LogP contribution in [0.3, 0.4) is 0 Å². The number of fused-ring (bicyclic) bond motifs is 1. The number of ether oxygens (including phenoxy) is 2. The number of hydrogen-bond acceptors (Lipinski definition) is 5. The summed E-state index contributed by atoms with van der Waals surface area (Å²) in [5, 5.41) is 2.68. The zero-order valence-corrected chi connectivity index (χ0v) is 14.1. The van der Waals surface area contributed by atoms with Crippen molar-refractivity contribution in [3.63, 3.8) is 0 Å². The number of carbonyl (C=O) groups is 1. The standard InChI is InChI=1S/C15H22N2O5S/c1-11(2)5-6-16-15(18)10-17-23(19,20)12-3-4-13-14(9-12)22-8-7-21-13/h3-4,9,11,17H,5-8,10H2,1-2H3,(H,16,18). The molecule has 1 aromatic carbocycles. The van der Waals surface area contributed by atoms with Gasteiger partial charge in [0.15, 0.2) is 11.5 Å². The molecule has 0 aromatic heterocycles. The summed E-state index contributed by atoms with van der Waals surface area (Å²) in [5.41, 5.74) is 0. The Kier molecular flexibility index (Phi) is 5.84. The van der Waals surface area contributed by atoms with Gasteiger partial charge in [0.2, 0.25) is 15.9 Å². The van der Waals surface area contributed by atoms with Crippen LogP contribution in [0.25, 0.3) is 0 Å². The van der Waals surface area contributed by atoms with E-state index in [1.165, 1.54) is 12.1 Å². The molecule has 0 atom stereocenters. The van der Waals surface area contributed by atoms with Crippen molar-refractivity contribution < 1.29 is 22.7 Å². The molecule has 0 spiro atoms. The number of benzene rings is 1. The van der Waals surface area contributed by atoms with Crippen LogP contribution in [-0.2, 0) is 14.8 Å². The fourth-order valence-electron chi connectivity index (χ4n) is 2.00. The van der Waals surface area contributed by atoms with E-state index in [2.05, 4.69) is 23.9 Å². The largest absolute Gasteiger partial charge is 0.486 e. The smallest absolute Gasteiger partial charge is 0.241 e. The summed E-state index contributed by atoms with van der Waals surface area (Å²) in [7, 11) is -3.78. The van der Waals surface area contributed by atoms with Crippen molar-refractivity contribution in [3.05, 3.63) is 18.2 Å². The van der Waals surface area contributed by atoms with Crippen LogP contribution >= 0.6 is 0 Å². The number of amides is 1. The minimum atomic E-state index is -3.78. The minimum absolute atomic E-state index is 0.0386. The number of sulfonamides is 1. The highest BCUT2D eigenvalue weighted by Gasteiger charge is 2.20. The average Bonchev–Trinajstić information content (AvgIpc) is 2.52. The molecule has 2 rings (SSSR count). The van der Waals surface area contributed by atoms with Crippen molar-refractivity contribution in [1.82, 2.24) is 10.0 Å². The maximum absolute atomic E-state index is 12.2. The molecule has 0 fully saturated rings. The highest BCUT2D eigenvalue weighted by Crippen LogP contribution is 2.32. The van der Waals surface area contributed by atoms with Crippen LogP contribution in [0.5, 0.6) is 11.5 Å². The molecular weight excluding hydrogens is 320 g/mol. The molecule has 0 saturated carbocycles. The van der Waals surface area contributed by atoms with Gasteiger partial charge in [0.1, 0.15) is 13.2 Å². The van der Waals surface area contributed by atoms with Crippen molar-refractivity contribution in [3.8, 4) is 11.5 Å². The molecule has 128 valence electrons. The second-order valence-corrected chi connectivity index (χ2v) is 7.43. The van der Waals surface area contributed by atoms with Gasteiger partial charge in [-0.25, -0.2) is 13.1 Å². The molecule has 1 aliphatic rings. The quantitative estimate of drug-likeness (QED) is 0.768. The van der Waals surface area contributed by atoms with Gasteiger partial charge < -0.3 is 14.8 Å². The van der Waals surface area contributed by atoms with Crippen LogP contribution in [0.4, 0.5) is 0 Å². The molecule has 0 saturated heterocycles. The molecule has 23 heavy (non-hydrogen) atoms. The van der Waals surface area contributed by atoms with E-state index in [1.54, 1.807) is 6.07 Å². The lowest BCUT2D eigenvalue weighted by atomic mass is 10.1. The molecular formula is C15H22N2O5S. The molecule has 1 aliphatic heterocycles. The summed E-state index contributed by atoms with van der Waals surface area (Å²) in [5.74, 6) is 1.03. The first kappa shape index (κ1) is 17.6. The first-order chi connectivity index (χ1) is 10.9. The first-order valence-corrected chi connectivity index (χ1v) is 9.03. The number of carbonyl (C=O) groups excluding carboxylic acids is 1. The molecule has 8 heteroatoms. The van der Waals surface area contributed by atoms with Gasteiger partial charge >= 0.3 is 0 Å². The Hall–Kier alpha value is -1.80. The summed E-state index contributed by atoms with van der Waals surface area (Å²) >= 11 is 0. The molecule has 1 amide bonds. The number of rotatable bonds is 7. The van der Waals surface area contributed by atoms with E-state index >= 15 is 0 Å². The Bertz CT molecular complexity index is 658. The van der Waals surface area contributed by atoms with Crippen LogP contribution in [0.15, 0.2) is 23.1 Å². The third-order valence-electron chi connectivity index (χ3n) is 3.29. The summed E-state index contributed by atoms with van der Waals surface area (Å²) < 4.78 is 37.4. The number of hydrogen-bond donors (Lipinski definition) is 2. The number of nitrogens with one attached hydrogen (secondary N) is 2. The molecule has 0 bridgehead atoms. The minimum Gasteiger partial charge on any atom is -0.486 e. The fourth-order valence-corrected chi connectivity index (χ4v) is 2.99. The van der Waals surface area contributed by atoms with E-state index in [0.717, 1.165) is 6.42 Å². The second-order valence-electron chi connectivity index (χ2n) is 5.66. The van der Waals surface area contributed by atoms with Gasteiger partial charge in [0.05, 0.1) is 11.4 Å². The molecule has 7 nitrogen and oxygen atoms in total. The summed E-state index contributed by atoms with van der Waals surface area (Å²) in [6.45, 7) is 5.15. The zero-order valence-electron chi connectivity index (χ0n) is 13.3. The van der Waals surface area contributed by atoms with E-state index in [9.17, 15) is 13.2 Å². The summed E-state index contributed by atoms with van der Waals surface area (Å²) in [6.07, 6.45) is 0.848. The van der Waals surface area contributed by atoms with Gasteiger partial charge in [-0.2, -0.15) is 0 Å². The Morgan fingerprint density at radius 1 is 1.22 bits per heavy atom. The predicted molar refractivity (Wildman–Crippen MR) is 85.1 cm³/mol. The third-order valence-corrected chi connectivity index (χ3v) is 4.69. The Morgan fingerprint density at radius 3 is 2.61 bits per heavy atom. The average molecular weight is 342 g/mol. The summed E-state index contributed by atoms with van der Waals surface area (Å²) in [6, 6.07) is 4.37. The van der Waals surface area contributed by atoms with Crippen LogP contribution in [0.1, 0.15) is 20.3 Å². The molecule has 1 aromatic rings. The van der Waals surface area contributed by atoms with Gasteiger partial charge in [-0.15, -0.1) is 0 Å². The van der Waals surface area contributed by atoms with Crippen LogP contribution in [-0.4, -0.2) is 40.6 Å². The van der Waals surface area contributed by atoms with Gasteiger partial charge in [-0.1, -0.05) is 13.8 Å². The Morgan fingerprint density at radius 2 is 1.91 bits per heavy atom. The monoisotopic (exact) mass is 342 g/mol. The maximum atomic E-state index is 12.2. The molecule has 0 radical (unpaired) electrons. The molecule has 0 unspecified atom stereocenters. The van der Waals surface area contributed by atoms with Crippen molar-refractivity contribution in [2.45, 2.75) is 25.2 Å². The van der Waals surface area contributed by atoms with Gasteiger partial charge in [0, 0.05) is 12.6 Å². The highest BCUT2D eigenvalue weighted by atomic mass is 32.2.